The number of alkyl halides is 3. The Morgan fingerprint density at radius 1 is 0.643 bits per heavy atom. The SMILES string of the molecule is CCCCCCCOc1ccc(CCc2ccc3c(F)c(CCc4ccc(OC(F)(F)F)c(F)c4)ccc3c2)c(F)c1. The Morgan fingerprint density at radius 3 is 2.05 bits per heavy atom. The van der Waals surface area contributed by atoms with Crippen LogP contribution in [-0.4, -0.2) is 13.0 Å². The van der Waals surface area contributed by atoms with E-state index >= 15 is 4.39 Å². The van der Waals surface area contributed by atoms with Crippen LogP contribution in [-0.2, 0) is 25.7 Å². The van der Waals surface area contributed by atoms with E-state index in [2.05, 4.69) is 11.7 Å². The molecule has 0 saturated carbocycles. The quantitative estimate of drug-likeness (QED) is 0.108. The molecule has 8 heteroatoms. The molecule has 4 rings (SSSR count). The maximum Gasteiger partial charge on any atom is 0.573 e. The highest BCUT2D eigenvalue weighted by atomic mass is 19.4. The molecule has 0 aliphatic heterocycles. The number of unbranched alkanes of at least 4 members (excludes halogenated alkanes) is 4. The van der Waals surface area contributed by atoms with Gasteiger partial charge >= 0.3 is 6.36 Å². The highest BCUT2D eigenvalue weighted by Gasteiger charge is 2.32. The Labute approximate surface area is 242 Å². The smallest absolute Gasteiger partial charge is 0.493 e. The fourth-order valence-electron chi connectivity index (χ4n) is 4.92. The second-order valence-corrected chi connectivity index (χ2v) is 10.4. The van der Waals surface area contributed by atoms with Crippen molar-refractivity contribution in [1.29, 1.82) is 0 Å². The van der Waals surface area contributed by atoms with E-state index in [-0.39, 0.29) is 18.7 Å². The third-order valence-electron chi connectivity index (χ3n) is 7.23. The Bertz CT molecular complexity index is 1480. The predicted octanol–water partition coefficient (Wildman–Crippen LogP) is 10.1. The van der Waals surface area contributed by atoms with Gasteiger partial charge in [-0.1, -0.05) is 75.1 Å². The minimum atomic E-state index is -4.99. The summed E-state index contributed by atoms with van der Waals surface area (Å²) in [6, 6.07) is 17.0. The lowest BCUT2D eigenvalue weighted by Gasteiger charge is -2.11. The molecule has 0 spiro atoms. The van der Waals surface area contributed by atoms with Crippen molar-refractivity contribution in [2.75, 3.05) is 6.61 Å². The Balaban J connectivity index is 1.33. The molecule has 0 bridgehead atoms. The zero-order chi connectivity index (χ0) is 30.1. The van der Waals surface area contributed by atoms with Crippen LogP contribution < -0.4 is 9.47 Å². The molecular weight excluding hydrogens is 554 g/mol. The van der Waals surface area contributed by atoms with Crippen molar-refractivity contribution in [3.63, 3.8) is 0 Å². The molecule has 0 N–H and O–H groups in total. The van der Waals surface area contributed by atoms with E-state index in [1.54, 1.807) is 30.3 Å². The van der Waals surface area contributed by atoms with Crippen LogP contribution in [0.15, 0.2) is 66.7 Å². The van der Waals surface area contributed by atoms with Gasteiger partial charge in [-0.05, 0) is 77.9 Å². The first kappa shape index (κ1) is 31.3. The Kier molecular flexibility index (Phi) is 10.8. The molecule has 0 fully saturated rings. The zero-order valence-electron chi connectivity index (χ0n) is 23.5. The van der Waals surface area contributed by atoms with Crippen LogP contribution >= 0.6 is 0 Å². The lowest BCUT2D eigenvalue weighted by Crippen LogP contribution is -2.18. The summed E-state index contributed by atoms with van der Waals surface area (Å²) in [6.07, 6.45) is 2.19. The molecule has 2 nitrogen and oxygen atoms in total. The van der Waals surface area contributed by atoms with Crippen molar-refractivity contribution in [3.8, 4) is 11.5 Å². The topological polar surface area (TPSA) is 18.5 Å². The number of ether oxygens (including phenoxy) is 2. The van der Waals surface area contributed by atoms with E-state index in [9.17, 15) is 22.0 Å². The molecule has 224 valence electrons. The van der Waals surface area contributed by atoms with E-state index in [1.165, 1.54) is 31.4 Å². The number of halogens is 6. The average molecular weight is 589 g/mol. The van der Waals surface area contributed by atoms with Gasteiger partial charge in [0.15, 0.2) is 11.6 Å². The molecule has 0 atom stereocenters. The van der Waals surface area contributed by atoms with Gasteiger partial charge in [0, 0.05) is 11.5 Å². The van der Waals surface area contributed by atoms with E-state index in [0.717, 1.165) is 30.5 Å². The second-order valence-electron chi connectivity index (χ2n) is 10.4. The van der Waals surface area contributed by atoms with Gasteiger partial charge in [0.2, 0.25) is 0 Å². The lowest BCUT2D eigenvalue weighted by atomic mass is 9.97. The molecule has 0 heterocycles. The summed E-state index contributed by atoms with van der Waals surface area (Å²) < 4.78 is 90.4. The fraction of sp³-hybridized carbons (Fsp3) is 0.353. The van der Waals surface area contributed by atoms with Crippen LogP contribution in [0.4, 0.5) is 26.3 Å². The Morgan fingerprint density at radius 2 is 1.33 bits per heavy atom. The molecule has 4 aromatic rings. The monoisotopic (exact) mass is 588 g/mol. The number of rotatable bonds is 14. The number of aryl methyl sites for hydroxylation is 4. The molecular formula is C34H34F6O2. The van der Waals surface area contributed by atoms with Gasteiger partial charge in [0.25, 0.3) is 0 Å². The minimum Gasteiger partial charge on any atom is -0.493 e. The Hall–Kier alpha value is -3.68. The first-order valence-electron chi connectivity index (χ1n) is 14.3. The normalized spacial score (nSPS) is 11.7. The second kappa shape index (κ2) is 14.5. The summed E-state index contributed by atoms with van der Waals surface area (Å²) in [7, 11) is 0. The van der Waals surface area contributed by atoms with Gasteiger partial charge < -0.3 is 9.47 Å². The average Bonchev–Trinajstić information content (AvgIpc) is 2.95. The molecule has 4 aromatic carbocycles. The van der Waals surface area contributed by atoms with E-state index in [1.807, 2.05) is 12.1 Å². The molecule has 0 amide bonds. The lowest BCUT2D eigenvalue weighted by molar-refractivity contribution is -0.275. The van der Waals surface area contributed by atoms with Crippen molar-refractivity contribution in [1.82, 2.24) is 0 Å². The van der Waals surface area contributed by atoms with Crippen molar-refractivity contribution in [2.45, 2.75) is 71.1 Å². The van der Waals surface area contributed by atoms with Gasteiger partial charge in [-0.15, -0.1) is 13.2 Å². The van der Waals surface area contributed by atoms with Crippen LogP contribution in [0.3, 0.4) is 0 Å². The van der Waals surface area contributed by atoms with Crippen molar-refractivity contribution < 1.29 is 35.8 Å². The van der Waals surface area contributed by atoms with Gasteiger partial charge in [-0.2, -0.15) is 0 Å². The maximum atomic E-state index is 15.3. The van der Waals surface area contributed by atoms with Crippen LogP contribution in [0.25, 0.3) is 10.8 Å². The summed E-state index contributed by atoms with van der Waals surface area (Å²) >= 11 is 0. The molecule has 0 aromatic heterocycles. The summed E-state index contributed by atoms with van der Waals surface area (Å²) in [4.78, 5) is 0. The highest BCUT2D eigenvalue weighted by molar-refractivity contribution is 5.84. The maximum absolute atomic E-state index is 15.3. The fourth-order valence-corrected chi connectivity index (χ4v) is 4.92. The molecule has 0 aliphatic carbocycles. The third kappa shape index (κ3) is 8.91. The first-order chi connectivity index (χ1) is 20.1. The number of hydrogen-bond acceptors (Lipinski definition) is 2. The van der Waals surface area contributed by atoms with Crippen LogP contribution in [0.2, 0.25) is 0 Å². The van der Waals surface area contributed by atoms with E-state index in [0.29, 0.717) is 52.7 Å². The molecule has 0 saturated heterocycles. The van der Waals surface area contributed by atoms with Crippen molar-refractivity contribution in [3.05, 3.63) is 106 Å². The van der Waals surface area contributed by atoms with Crippen molar-refractivity contribution in [2.24, 2.45) is 0 Å². The standard InChI is InChI=1S/C34H34F6O2/c1-2-3-4-5-6-19-41-28-16-15-25(30(35)22-28)11-7-23-9-17-29-27(20-23)14-13-26(33(29)37)12-8-24-10-18-32(31(36)21-24)42-34(38,39)40/h9-10,13-18,20-22H,2-8,11-12,19H2,1H3. The molecule has 0 radical (unpaired) electrons. The largest absolute Gasteiger partial charge is 0.573 e. The number of benzene rings is 4. The predicted molar refractivity (Wildman–Crippen MR) is 152 cm³/mol. The van der Waals surface area contributed by atoms with E-state index in [4.69, 9.17) is 4.74 Å². The van der Waals surface area contributed by atoms with Gasteiger partial charge in [0.05, 0.1) is 6.61 Å². The molecule has 0 aliphatic rings. The molecule has 0 unspecified atom stereocenters. The zero-order valence-corrected chi connectivity index (χ0v) is 23.5. The summed E-state index contributed by atoms with van der Waals surface area (Å²) in [5.74, 6) is -2.22. The van der Waals surface area contributed by atoms with Gasteiger partial charge in [0.1, 0.15) is 17.4 Å². The van der Waals surface area contributed by atoms with Crippen LogP contribution in [0.1, 0.15) is 61.3 Å². The van der Waals surface area contributed by atoms with E-state index < -0.39 is 23.7 Å². The van der Waals surface area contributed by atoms with Gasteiger partial charge in [-0.25, -0.2) is 13.2 Å². The number of fused-ring (bicyclic) bond motifs is 1. The van der Waals surface area contributed by atoms with Crippen LogP contribution in [0, 0.1) is 17.5 Å². The number of hydrogen-bond donors (Lipinski definition) is 0. The third-order valence-corrected chi connectivity index (χ3v) is 7.23. The first-order valence-corrected chi connectivity index (χ1v) is 14.3. The highest BCUT2D eigenvalue weighted by Crippen LogP contribution is 2.28. The summed E-state index contributed by atoms with van der Waals surface area (Å²) in [6.45, 7) is 2.74. The molecule has 42 heavy (non-hydrogen) atoms. The minimum absolute atomic E-state index is 0.234. The van der Waals surface area contributed by atoms with Gasteiger partial charge in [-0.3, -0.25) is 0 Å². The van der Waals surface area contributed by atoms with Crippen LogP contribution in [0.5, 0.6) is 11.5 Å². The van der Waals surface area contributed by atoms with Crippen molar-refractivity contribution >= 4 is 10.8 Å². The summed E-state index contributed by atoms with van der Waals surface area (Å²) in [5, 5.41) is 1.13. The summed E-state index contributed by atoms with van der Waals surface area (Å²) in [5.41, 5.74) is 2.36.